The second kappa shape index (κ2) is 3.52. The predicted octanol–water partition coefficient (Wildman–Crippen LogP) is 0.769. The molecule has 0 aliphatic carbocycles. The molecule has 5 nitrogen and oxygen atoms in total. The molecular weight excluding hydrogens is 192 g/mol. The van der Waals surface area contributed by atoms with Gasteiger partial charge in [0.25, 0.3) is 0 Å². The van der Waals surface area contributed by atoms with Crippen molar-refractivity contribution in [2.24, 2.45) is 17.1 Å². The lowest BCUT2D eigenvalue weighted by atomic mass is 9.76. The van der Waals surface area contributed by atoms with E-state index in [2.05, 4.69) is 0 Å². The van der Waals surface area contributed by atoms with Gasteiger partial charge in [-0.25, -0.2) is 0 Å². The van der Waals surface area contributed by atoms with Gasteiger partial charge in [0.05, 0.1) is 12.1 Å². The van der Waals surface area contributed by atoms with E-state index in [0.717, 1.165) is 0 Å². The normalized spacial score (nSPS) is 22.8. The van der Waals surface area contributed by atoms with Gasteiger partial charge in [0, 0.05) is 0 Å². The van der Waals surface area contributed by atoms with Crippen LogP contribution in [0.3, 0.4) is 0 Å². The predicted molar refractivity (Wildman–Crippen MR) is 50.2 cm³/mol. The average molecular weight is 202 g/mol. The minimum atomic E-state index is -1.56. The summed E-state index contributed by atoms with van der Waals surface area (Å²) in [7, 11) is 0. The topological polar surface area (TPSA) is 107 Å². The number of rotatable bonds is 1. The SMILES string of the molecule is CC(C)[C@H]1OC(N)=C(C#N)C1(C#N)C#N. The van der Waals surface area contributed by atoms with Gasteiger partial charge in [-0.15, -0.1) is 0 Å². The molecule has 0 unspecified atom stereocenters. The third kappa shape index (κ3) is 1.28. The van der Waals surface area contributed by atoms with Crippen molar-refractivity contribution >= 4 is 0 Å². The first-order valence-electron chi connectivity index (χ1n) is 4.43. The molecule has 1 aliphatic heterocycles. The fraction of sp³-hybridized carbons (Fsp3) is 0.500. The maximum Gasteiger partial charge on any atom is 0.220 e. The van der Waals surface area contributed by atoms with Crippen molar-refractivity contribution in [1.29, 1.82) is 15.8 Å². The molecule has 0 saturated carbocycles. The van der Waals surface area contributed by atoms with Crippen molar-refractivity contribution in [1.82, 2.24) is 0 Å². The minimum Gasteiger partial charge on any atom is -0.472 e. The van der Waals surface area contributed by atoms with Crippen molar-refractivity contribution in [3.05, 3.63) is 11.5 Å². The Morgan fingerprint density at radius 2 is 1.87 bits per heavy atom. The summed E-state index contributed by atoms with van der Waals surface area (Å²) in [4.78, 5) is 0. The molecule has 0 amide bonds. The fourth-order valence-electron chi connectivity index (χ4n) is 1.66. The van der Waals surface area contributed by atoms with E-state index in [1.807, 2.05) is 26.0 Å². The van der Waals surface area contributed by atoms with Crippen LogP contribution in [0.4, 0.5) is 0 Å². The van der Waals surface area contributed by atoms with Crippen molar-refractivity contribution < 1.29 is 4.74 Å². The van der Waals surface area contributed by atoms with Crippen LogP contribution in [0.1, 0.15) is 13.8 Å². The minimum absolute atomic E-state index is 0.0753. The molecule has 0 aromatic heterocycles. The Kier molecular flexibility index (Phi) is 2.55. The molecule has 5 heteroatoms. The van der Waals surface area contributed by atoms with Crippen LogP contribution in [0.5, 0.6) is 0 Å². The number of nitriles is 3. The lowest BCUT2D eigenvalue weighted by molar-refractivity contribution is 0.0644. The summed E-state index contributed by atoms with van der Waals surface area (Å²) >= 11 is 0. The molecule has 1 rings (SSSR count). The summed E-state index contributed by atoms with van der Waals surface area (Å²) in [5.41, 5.74) is 3.84. The smallest absolute Gasteiger partial charge is 0.220 e. The zero-order valence-electron chi connectivity index (χ0n) is 8.48. The summed E-state index contributed by atoms with van der Waals surface area (Å²) < 4.78 is 5.21. The molecular formula is C10H10N4O. The Morgan fingerprint density at radius 3 is 2.20 bits per heavy atom. The van der Waals surface area contributed by atoms with E-state index >= 15 is 0 Å². The molecule has 1 heterocycles. The Bertz CT molecular complexity index is 416. The van der Waals surface area contributed by atoms with Crippen molar-refractivity contribution in [2.75, 3.05) is 0 Å². The second-order valence-corrected chi connectivity index (χ2v) is 3.67. The van der Waals surface area contributed by atoms with E-state index in [1.54, 1.807) is 6.07 Å². The second-order valence-electron chi connectivity index (χ2n) is 3.67. The molecule has 2 N–H and O–H groups in total. The third-order valence-electron chi connectivity index (χ3n) is 2.39. The summed E-state index contributed by atoms with van der Waals surface area (Å²) in [6.45, 7) is 3.61. The Morgan fingerprint density at radius 1 is 1.33 bits per heavy atom. The highest BCUT2D eigenvalue weighted by atomic mass is 16.5. The van der Waals surface area contributed by atoms with Gasteiger partial charge in [-0.3, -0.25) is 0 Å². The van der Waals surface area contributed by atoms with Crippen LogP contribution in [0.25, 0.3) is 0 Å². The Balaban J connectivity index is 3.35. The fourth-order valence-corrected chi connectivity index (χ4v) is 1.66. The van der Waals surface area contributed by atoms with Gasteiger partial charge < -0.3 is 10.5 Å². The van der Waals surface area contributed by atoms with Gasteiger partial charge in [0.1, 0.15) is 17.7 Å². The van der Waals surface area contributed by atoms with Crippen LogP contribution < -0.4 is 5.73 Å². The zero-order chi connectivity index (χ0) is 11.6. The van der Waals surface area contributed by atoms with Crippen LogP contribution in [0, 0.1) is 45.3 Å². The highest BCUT2D eigenvalue weighted by molar-refractivity contribution is 5.47. The number of nitrogens with zero attached hydrogens (tertiary/aromatic N) is 3. The molecule has 0 aromatic carbocycles. The molecule has 1 atom stereocenters. The zero-order valence-corrected chi connectivity index (χ0v) is 8.48. The summed E-state index contributed by atoms with van der Waals surface area (Å²) in [5, 5.41) is 27.0. The lowest BCUT2D eigenvalue weighted by Crippen LogP contribution is -2.35. The Labute approximate surface area is 88.0 Å². The first kappa shape index (κ1) is 10.9. The van der Waals surface area contributed by atoms with Crippen molar-refractivity contribution in [3.63, 3.8) is 0 Å². The van der Waals surface area contributed by atoms with Crippen LogP contribution in [-0.4, -0.2) is 6.10 Å². The van der Waals surface area contributed by atoms with Crippen LogP contribution in [-0.2, 0) is 4.74 Å². The maximum atomic E-state index is 9.06. The van der Waals surface area contributed by atoms with E-state index in [-0.39, 0.29) is 17.4 Å². The average Bonchev–Trinajstić information content (AvgIpc) is 2.51. The Hall–Kier alpha value is -2.19. The molecule has 0 bridgehead atoms. The maximum absolute atomic E-state index is 9.06. The monoisotopic (exact) mass is 202 g/mol. The standard InChI is InChI=1S/C10H10N4O/c1-6(2)8-10(4-12,5-13)7(3-11)9(14)15-8/h6,8H,14H2,1-2H3/t8-/m1/s1. The number of hydrogen-bond donors (Lipinski definition) is 1. The van der Waals surface area contributed by atoms with Crippen LogP contribution >= 0.6 is 0 Å². The van der Waals surface area contributed by atoms with Gasteiger partial charge in [-0.1, -0.05) is 13.8 Å². The molecule has 15 heavy (non-hydrogen) atoms. The quantitative estimate of drug-likeness (QED) is 0.675. The first-order valence-corrected chi connectivity index (χ1v) is 4.43. The van der Waals surface area contributed by atoms with Crippen molar-refractivity contribution in [3.8, 4) is 18.2 Å². The first-order chi connectivity index (χ1) is 7.03. The third-order valence-corrected chi connectivity index (χ3v) is 2.39. The molecule has 0 radical (unpaired) electrons. The largest absolute Gasteiger partial charge is 0.472 e. The van der Waals surface area contributed by atoms with E-state index in [4.69, 9.17) is 26.3 Å². The molecule has 1 aliphatic rings. The van der Waals surface area contributed by atoms with E-state index in [1.165, 1.54) is 0 Å². The highest BCUT2D eigenvalue weighted by Crippen LogP contribution is 2.42. The highest BCUT2D eigenvalue weighted by Gasteiger charge is 2.53. The number of ether oxygens (including phenoxy) is 1. The van der Waals surface area contributed by atoms with E-state index in [9.17, 15) is 0 Å². The number of hydrogen-bond acceptors (Lipinski definition) is 5. The molecule has 0 saturated heterocycles. The molecule has 76 valence electrons. The van der Waals surface area contributed by atoms with Gasteiger partial charge in [-0.05, 0) is 5.92 Å². The van der Waals surface area contributed by atoms with Crippen LogP contribution in [0.15, 0.2) is 11.5 Å². The summed E-state index contributed by atoms with van der Waals surface area (Å²) in [6, 6.07) is 5.46. The van der Waals surface area contributed by atoms with Gasteiger partial charge in [0.15, 0.2) is 0 Å². The molecule has 0 fully saturated rings. The number of nitrogens with two attached hydrogens (primary N) is 1. The van der Waals surface area contributed by atoms with Gasteiger partial charge in [0.2, 0.25) is 11.3 Å². The summed E-state index contributed by atoms with van der Waals surface area (Å²) in [5.74, 6) is -0.187. The molecule has 0 aromatic rings. The lowest BCUT2D eigenvalue weighted by Gasteiger charge is -2.23. The summed E-state index contributed by atoms with van der Waals surface area (Å²) in [6.07, 6.45) is -0.679. The van der Waals surface area contributed by atoms with Gasteiger partial charge >= 0.3 is 0 Å². The van der Waals surface area contributed by atoms with E-state index < -0.39 is 11.5 Å². The van der Waals surface area contributed by atoms with Gasteiger partial charge in [-0.2, -0.15) is 15.8 Å². The molecule has 0 spiro atoms. The van der Waals surface area contributed by atoms with E-state index in [0.29, 0.717) is 0 Å². The van der Waals surface area contributed by atoms with Crippen molar-refractivity contribution in [2.45, 2.75) is 20.0 Å². The van der Waals surface area contributed by atoms with Crippen LogP contribution in [0.2, 0.25) is 0 Å².